The Bertz CT molecular complexity index is 1400. The summed E-state index contributed by atoms with van der Waals surface area (Å²) in [7, 11) is 0. The number of fused-ring (bicyclic) bond motifs is 1. The first-order valence-corrected chi connectivity index (χ1v) is 12.0. The van der Waals surface area contributed by atoms with Crippen LogP contribution in [-0.2, 0) is 0 Å². The van der Waals surface area contributed by atoms with Crippen molar-refractivity contribution in [2.45, 2.75) is 25.4 Å². The highest BCUT2D eigenvalue weighted by atomic mass is 35.5. The van der Waals surface area contributed by atoms with E-state index in [4.69, 9.17) is 27.1 Å². The highest BCUT2D eigenvalue weighted by Gasteiger charge is 2.22. The molecule has 1 aliphatic heterocycles. The number of ether oxygens (including phenoxy) is 1. The lowest BCUT2D eigenvalue weighted by atomic mass is 10.0. The number of nitrogens with zero attached hydrogens (tertiary/aromatic N) is 4. The second-order valence-electron chi connectivity index (χ2n) is 8.56. The van der Waals surface area contributed by atoms with Crippen LogP contribution < -0.4 is 21.1 Å². The van der Waals surface area contributed by atoms with Crippen LogP contribution in [0, 0.1) is 6.92 Å². The predicted octanol–water partition coefficient (Wildman–Crippen LogP) is 4.10. The van der Waals surface area contributed by atoms with Gasteiger partial charge in [0.2, 0.25) is 5.95 Å². The number of hydrogen-bond donors (Lipinski definition) is 3. The largest absolute Gasteiger partial charge is 0.493 e. The number of carbonyl (C=O) groups excluding carboxylic acids is 1. The number of imidazole rings is 1. The summed E-state index contributed by atoms with van der Waals surface area (Å²) in [6, 6.07) is 14.9. The number of aromatic nitrogens is 4. The summed E-state index contributed by atoms with van der Waals surface area (Å²) in [4.78, 5) is 26.4. The van der Waals surface area contributed by atoms with E-state index in [0.29, 0.717) is 23.4 Å². The topological polar surface area (TPSA) is 120 Å². The molecule has 4 N–H and O–H groups in total. The van der Waals surface area contributed by atoms with Crippen LogP contribution in [0.2, 0.25) is 5.02 Å². The smallest absolute Gasteiger partial charge is 0.272 e. The van der Waals surface area contributed by atoms with Gasteiger partial charge in [0.1, 0.15) is 23.6 Å². The summed E-state index contributed by atoms with van der Waals surface area (Å²) in [6.07, 6.45) is 5.76. The fourth-order valence-corrected chi connectivity index (χ4v) is 4.40. The van der Waals surface area contributed by atoms with Crippen molar-refractivity contribution in [3.8, 4) is 11.6 Å². The fraction of sp³-hybridized carbons (Fsp3) is 0.231. The molecule has 11 heteroatoms. The minimum absolute atomic E-state index is 0. The van der Waals surface area contributed by atoms with E-state index in [2.05, 4.69) is 20.6 Å². The van der Waals surface area contributed by atoms with Gasteiger partial charge in [-0.3, -0.25) is 9.36 Å². The highest BCUT2D eigenvalue weighted by molar-refractivity contribution is 7.59. The van der Waals surface area contributed by atoms with E-state index < -0.39 is 0 Å². The number of carbonyl (C=O) groups is 1. The third-order valence-corrected chi connectivity index (χ3v) is 6.29. The first-order valence-electron chi connectivity index (χ1n) is 11.6. The first-order chi connectivity index (χ1) is 17.5. The number of nitrogens with one attached hydrogen (secondary N) is 2. The molecule has 192 valence electrons. The number of aryl methyl sites for hydroxylation is 1. The molecule has 5 rings (SSSR count). The SMILES string of the molecule is Cc1cnc(NC2CCOc3ccccc32)nc1-n1cnc(C(=O)N[C@H](CN)c2cccc(Cl)c2)c1.S. The van der Waals surface area contributed by atoms with Crippen LogP contribution in [0.15, 0.2) is 67.3 Å². The molecule has 1 aliphatic rings. The van der Waals surface area contributed by atoms with Crippen molar-refractivity contribution in [1.82, 2.24) is 24.8 Å². The zero-order chi connectivity index (χ0) is 25.1. The van der Waals surface area contributed by atoms with Crippen LogP contribution >= 0.6 is 25.1 Å². The van der Waals surface area contributed by atoms with E-state index in [9.17, 15) is 4.79 Å². The average molecular weight is 538 g/mol. The molecule has 0 bridgehead atoms. The van der Waals surface area contributed by atoms with Crippen molar-refractivity contribution >= 4 is 37.0 Å². The van der Waals surface area contributed by atoms with Gasteiger partial charge in [-0.25, -0.2) is 9.97 Å². The van der Waals surface area contributed by atoms with Crippen LogP contribution in [0.1, 0.15) is 45.7 Å². The minimum atomic E-state index is -0.389. The molecular weight excluding hydrogens is 510 g/mol. The molecule has 2 aromatic carbocycles. The molecule has 0 aliphatic carbocycles. The molecule has 0 radical (unpaired) electrons. The molecular formula is C26H28ClN7O2S. The van der Waals surface area contributed by atoms with E-state index in [1.54, 1.807) is 35.4 Å². The second kappa shape index (κ2) is 11.6. The highest BCUT2D eigenvalue weighted by Crippen LogP contribution is 2.33. The van der Waals surface area contributed by atoms with Crippen molar-refractivity contribution in [3.05, 3.63) is 94.7 Å². The van der Waals surface area contributed by atoms with Crippen LogP contribution in [0.25, 0.3) is 5.82 Å². The van der Waals surface area contributed by atoms with Gasteiger partial charge in [-0.05, 0) is 30.7 Å². The quantitative estimate of drug-likeness (QED) is 0.324. The van der Waals surface area contributed by atoms with Crippen molar-refractivity contribution in [2.75, 3.05) is 18.5 Å². The Kier molecular flexibility index (Phi) is 8.32. The second-order valence-corrected chi connectivity index (χ2v) is 8.99. The van der Waals surface area contributed by atoms with E-state index in [-0.39, 0.29) is 43.7 Å². The predicted molar refractivity (Wildman–Crippen MR) is 148 cm³/mol. The number of halogens is 1. The Morgan fingerprint density at radius 1 is 1.24 bits per heavy atom. The van der Waals surface area contributed by atoms with Gasteiger partial charge in [-0.1, -0.05) is 41.9 Å². The molecule has 1 unspecified atom stereocenters. The number of amides is 1. The molecule has 2 aromatic heterocycles. The van der Waals surface area contributed by atoms with E-state index >= 15 is 0 Å². The number of hydrogen-bond acceptors (Lipinski definition) is 7. The van der Waals surface area contributed by atoms with Crippen LogP contribution in [-0.4, -0.2) is 38.6 Å². The maximum atomic E-state index is 12.9. The summed E-state index contributed by atoms with van der Waals surface area (Å²) in [5, 5.41) is 6.93. The molecule has 1 amide bonds. The third-order valence-electron chi connectivity index (χ3n) is 6.06. The molecule has 0 fully saturated rings. The van der Waals surface area contributed by atoms with Crippen molar-refractivity contribution in [1.29, 1.82) is 0 Å². The van der Waals surface area contributed by atoms with Crippen molar-refractivity contribution in [3.63, 3.8) is 0 Å². The maximum Gasteiger partial charge on any atom is 0.272 e. The first kappa shape index (κ1) is 26.5. The Balaban J connectivity index is 0.00000320. The molecule has 0 saturated carbocycles. The van der Waals surface area contributed by atoms with Gasteiger partial charge in [0, 0.05) is 41.5 Å². The summed E-state index contributed by atoms with van der Waals surface area (Å²) in [5.41, 5.74) is 8.90. The number of benzene rings is 2. The lowest BCUT2D eigenvalue weighted by molar-refractivity contribution is 0.0933. The van der Waals surface area contributed by atoms with Crippen LogP contribution in [0.4, 0.5) is 5.95 Å². The van der Waals surface area contributed by atoms with Gasteiger partial charge < -0.3 is 21.1 Å². The van der Waals surface area contributed by atoms with Crippen LogP contribution in [0.3, 0.4) is 0 Å². The Labute approximate surface area is 226 Å². The number of nitrogens with two attached hydrogens (primary N) is 1. The summed E-state index contributed by atoms with van der Waals surface area (Å²) in [5.74, 6) is 1.64. The minimum Gasteiger partial charge on any atom is -0.493 e. The summed E-state index contributed by atoms with van der Waals surface area (Å²) < 4.78 is 7.47. The molecule has 37 heavy (non-hydrogen) atoms. The van der Waals surface area contributed by atoms with E-state index in [0.717, 1.165) is 28.9 Å². The van der Waals surface area contributed by atoms with Gasteiger partial charge in [-0.15, -0.1) is 0 Å². The normalized spacial score (nSPS) is 15.1. The van der Waals surface area contributed by atoms with Gasteiger partial charge in [0.05, 0.1) is 18.7 Å². The zero-order valence-electron chi connectivity index (χ0n) is 20.2. The Morgan fingerprint density at radius 3 is 2.89 bits per heavy atom. The number of rotatable bonds is 7. The molecule has 0 spiro atoms. The number of para-hydroxylation sites is 1. The lowest BCUT2D eigenvalue weighted by Gasteiger charge is -2.26. The van der Waals surface area contributed by atoms with Crippen molar-refractivity contribution in [2.24, 2.45) is 5.73 Å². The standard InChI is InChI=1S/C26H26ClN7O2.H2S/c1-16-13-29-26(32-20-9-10-36-23-8-3-2-7-19(20)23)33-24(16)34-14-22(30-15-34)25(35)31-21(12-28)17-5-4-6-18(27)11-17;/h2-8,11,13-15,20-21H,9-10,12,28H2,1H3,(H,31,35)(H,29,32,33);1H2/t20?,21-;/m1./s1. The average Bonchev–Trinajstić information content (AvgIpc) is 3.39. The summed E-state index contributed by atoms with van der Waals surface area (Å²) >= 11 is 6.09. The summed E-state index contributed by atoms with van der Waals surface area (Å²) in [6.45, 7) is 2.75. The third kappa shape index (κ3) is 5.87. The van der Waals surface area contributed by atoms with Crippen molar-refractivity contribution < 1.29 is 9.53 Å². The lowest BCUT2D eigenvalue weighted by Crippen LogP contribution is -2.33. The van der Waals surface area contributed by atoms with E-state index in [1.807, 2.05) is 43.3 Å². The van der Waals surface area contributed by atoms with Gasteiger partial charge >= 0.3 is 0 Å². The Morgan fingerprint density at radius 2 is 2.08 bits per heavy atom. The molecule has 4 aromatic rings. The Hall–Kier alpha value is -3.60. The molecule has 3 heterocycles. The molecule has 0 saturated heterocycles. The van der Waals surface area contributed by atoms with Gasteiger partial charge in [0.15, 0.2) is 0 Å². The monoisotopic (exact) mass is 537 g/mol. The fourth-order valence-electron chi connectivity index (χ4n) is 4.20. The van der Waals surface area contributed by atoms with Gasteiger partial charge in [0.25, 0.3) is 5.91 Å². The van der Waals surface area contributed by atoms with E-state index in [1.165, 1.54) is 0 Å². The molecule has 9 nitrogen and oxygen atoms in total. The van der Waals surface area contributed by atoms with Gasteiger partial charge in [-0.2, -0.15) is 18.5 Å². The van der Waals surface area contributed by atoms with Crippen LogP contribution in [0.5, 0.6) is 5.75 Å². The number of anilines is 1. The molecule has 2 atom stereocenters. The zero-order valence-corrected chi connectivity index (χ0v) is 21.9. The maximum absolute atomic E-state index is 12.9.